The van der Waals surface area contributed by atoms with Crippen LogP contribution in [0.3, 0.4) is 0 Å². The molecule has 16 heavy (non-hydrogen) atoms. The van der Waals surface area contributed by atoms with E-state index in [-0.39, 0.29) is 0 Å². The van der Waals surface area contributed by atoms with Gasteiger partial charge in [0, 0.05) is 31.7 Å². The number of hydrazine groups is 1. The largest absolute Gasteiger partial charge is 0.299 e. The molecule has 2 unspecified atom stereocenters. The molecule has 3 nitrogen and oxygen atoms in total. The molecule has 0 bridgehead atoms. The van der Waals surface area contributed by atoms with Gasteiger partial charge in [0.15, 0.2) is 0 Å². The maximum Gasteiger partial charge on any atom is 0.0383 e. The van der Waals surface area contributed by atoms with Crippen molar-refractivity contribution in [3.05, 3.63) is 0 Å². The number of nitrogens with one attached hydrogen (secondary N) is 1. The molecule has 2 atom stereocenters. The summed E-state index contributed by atoms with van der Waals surface area (Å²) in [5, 5.41) is 2.49. The van der Waals surface area contributed by atoms with Crippen LogP contribution in [0.15, 0.2) is 0 Å². The molecule has 92 valence electrons. The third-order valence-electron chi connectivity index (χ3n) is 4.56. The second-order valence-corrected chi connectivity index (χ2v) is 5.67. The highest BCUT2D eigenvalue weighted by Crippen LogP contribution is 2.27. The van der Waals surface area contributed by atoms with Gasteiger partial charge in [0.05, 0.1) is 0 Å². The first-order valence-electron chi connectivity index (χ1n) is 7.19. The Kier molecular flexibility index (Phi) is 3.46. The molecular weight excluding hydrogens is 198 g/mol. The Morgan fingerprint density at radius 2 is 1.56 bits per heavy atom. The first-order chi connectivity index (χ1) is 7.93. The fraction of sp³-hybridized carbons (Fsp3) is 1.00. The summed E-state index contributed by atoms with van der Waals surface area (Å²) < 4.78 is 0. The van der Waals surface area contributed by atoms with Crippen molar-refractivity contribution in [1.29, 1.82) is 0 Å². The minimum Gasteiger partial charge on any atom is -0.299 e. The highest BCUT2D eigenvalue weighted by atomic mass is 15.5. The van der Waals surface area contributed by atoms with Gasteiger partial charge in [-0.25, -0.2) is 5.01 Å². The van der Waals surface area contributed by atoms with Crippen LogP contribution in [0.2, 0.25) is 0 Å². The number of hydrogen-bond donors (Lipinski definition) is 1. The normalized spacial score (nSPS) is 37.5. The van der Waals surface area contributed by atoms with Crippen LogP contribution in [0.5, 0.6) is 0 Å². The van der Waals surface area contributed by atoms with Crippen molar-refractivity contribution >= 4 is 0 Å². The van der Waals surface area contributed by atoms with E-state index in [1.165, 1.54) is 71.1 Å². The summed E-state index contributed by atoms with van der Waals surface area (Å²) in [6.07, 6.45) is 9.85. The first-order valence-corrected chi connectivity index (χ1v) is 7.19. The predicted octanol–water partition coefficient (Wildman–Crippen LogP) is 1.60. The van der Waals surface area contributed by atoms with E-state index < -0.39 is 0 Å². The van der Waals surface area contributed by atoms with Crippen molar-refractivity contribution in [2.45, 2.75) is 57.0 Å². The predicted molar refractivity (Wildman–Crippen MR) is 66.2 cm³/mol. The van der Waals surface area contributed by atoms with Crippen LogP contribution in [0.25, 0.3) is 0 Å². The van der Waals surface area contributed by atoms with E-state index in [2.05, 4.69) is 15.3 Å². The molecule has 0 radical (unpaired) electrons. The molecule has 1 N–H and O–H groups in total. The second-order valence-electron chi connectivity index (χ2n) is 5.67. The average molecular weight is 223 g/mol. The highest BCUT2D eigenvalue weighted by Gasteiger charge is 2.36. The standard InChI is InChI=1S/C13H25N3/c1-3-9-16(10-4-1)14-12-7-11-15-8-5-2-6-13(12)15/h12-14H,1-11H2. The van der Waals surface area contributed by atoms with Crippen molar-refractivity contribution in [3.63, 3.8) is 0 Å². The molecule has 0 spiro atoms. The lowest BCUT2D eigenvalue weighted by molar-refractivity contribution is 0.0980. The van der Waals surface area contributed by atoms with Crippen LogP contribution in [-0.4, -0.2) is 48.2 Å². The lowest BCUT2D eigenvalue weighted by Gasteiger charge is -2.36. The van der Waals surface area contributed by atoms with Crippen LogP contribution in [-0.2, 0) is 0 Å². The maximum absolute atomic E-state index is 3.81. The van der Waals surface area contributed by atoms with E-state index in [1.807, 2.05) is 0 Å². The Hall–Kier alpha value is -0.120. The lowest BCUT2D eigenvalue weighted by atomic mass is 9.99. The second kappa shape index (κ2) is 5.03. The van der Waals surface area contributed by atoms with Crippen LogP contribution < -0.4 is 5.43 Å². The van der Waals surface area contributed by atoms with E-state index in [1.54, 1.807) is 0 Å². The van der Waals surface area contributed by atoms with Crippen molar-refractivity contribution in [3.8, 4) is 0 Å². The van der Waals surface area contributed by atoms with Crippen molar-refractivity contribution < 1.29 is 0 Å². The van der Waals surface area contributed by atoms with E-state index in [0.29, 0.717) is 0 Å². The number of rotatable bonds is 2. The van der Waals surface area contributed by atoms with E-state index in [0.717, 1.165) is 12.1 Å². The van der Waals surface area contributed by atoms with Gasteiger partial charge in [-0.1, -0.05) is 12.8 Å². The van der Waals surface area contributed by atoms with Gasteiger partial charge in [0.25, 0.3) is 0 Å². The maximum atomic E-state index is 3.81. The zero-order valence-electron chi connectivity index (χ0n) is 10.3. The molecule has 0 aromatic rings. The fourth-order valence-electron chi connectivity index (χ4n) is 3.66. The number of nitrogens with zero attached hydrogens (tertiary/aromatic N) is 2. The SMILES string of the molecule is C1CCN(NC2CCN3CCCCC23)CC1. The first kappa shape index (κ1) is 11.0. The summed E-state index contributed by atoms with van der Waals surface area (Å²) >= 11 is 0. The molecule has 3 aliphatic rings. The van der Waals surface area contributed by atoms with Crippen molar-refractivity contribution in [1.82, 2.24) is 15.3 Å². The van der Waals surface area contributed by atoms with Gasteiger partial charge in [-0.05, 0) is 38.6 Å². The van der Waals surface area contributed by atoms with E-state index in [9.17, 15) is 0 Å². The molecular formula is C13H25N3. The Balaban J connectivity index is 1.54. The van der Waals surface area contributed by atoms with E-state index in [4.69, 9.17) is 0 Å². The van der Waals surface area contributed by atoms with Crippen LogP contribution in [0.1, 0.15) is 44.9 Å². The highest BCUT2D eigenvalue weighted by molar-refractivity contribution is 4.93. The van der Waals surface area contributed by atoms with Crippen LogP contribution in [0, 0.1) is 0 Å². The minimum atomic E-state index is 0.749. The molecule has 3 heteroatoms. The summed E-state index contributed by atoms with van der Waals surface area (Å²) in [6, 6.07) is 1.59. The summed E-state index contributed by atoms with van der Waals surface area (Å²) in [4.78, 5) is 2.71. The summed E-state index contributed by atoms with van der Waals surface area (Å²) in [7, 11) is 0. The third-order valence-corrected chi connectivity index (χ3v) is 4.56. The summed E-state index contributed by atoms with van der Waals surface area (Å²) in [5.41, 5.74) is 3.81. The van der Waals surface area contributed by atoms with Gasteiger partial charge in [-0.15, -0.1) is 0 Å². The number of fused-ring (bicyclic) bond motifs is 1. The van der Waals surface area contributed by atoms with Gasteiger partial charge in [-0.3, -0.25) is 10.3 Å². The molecule has 3 saturated heterocycles. The Labute approximate surface area is 99.1 Å². The molecule has 0 aliphatic carbocycles. The van der Waals surface area contributed by atoms with Crippen LogP contribution in [0.4, 0.5) is 0 Å². The summed E-state index contributed by atoms with van der Waals surface area (Å²) in [5.74, 6) is 0. The lowest BCUT2D eigenvalue weighted by Crippen LogP contribution is -2.52. The molecule has 0 saturated carbocycles. The van der Waals surface area contributed by atoms with Gasteiger partial charge in [0.2, 0.25) is 0 Å². The monoisotopic (exact) mass is 223 g/mol. The number of hydrogen-bond acceptors (Lipinski definition) is 3. The molecule has 0 aromatic heterocycles. The molecule has 3 rings (SSSR count). The molecule has 3 fully saturated rings. The molecule has 3 heterocycles. The zero-order chi connectivity index (χ0) is 10.8. The zero-order valence-corrected chi connectivity index (χ0v) is 10.3. The van der Waals surface area contributed by atoms with Crippen molar-refractivity contribution in [2.24, 2.45) is 0 Å². The Morgan fingerprint density at radius 1 is 0.750 bits per heavy atom. The topological polar surface area (TPSA) is 18.5 Å². The minimum absolute atomic E-state index is 0.749. The van der Waals surface area contributed by atoms with Crippen molar-refractivity contribution in [2.75, 3.05) is 26.2 Å². The molecule has 3 aliphatic heterocycles. The van der Waals surface area contributed by atoms with Gasteiger partial charge in [0.1, 0.15) is 0 Å². The smallest absolute Gasteiger partial charge is 0.0383 e. The molecule has 0 aromatic carbocycles. The fourth-order valence-corrected chi connectivity index (χ4v) is 3.66. The Bertz CT molecular complexity index is 225. The third kappa shape index (κ3) is 2.27. The quantitative estimate of drug-likeness (QED) is 0.767. The van der Waals surface area contributed by atoms with Gasteiger partial charge < -0.3 is 0 Å². The molecule has 0 amide bonds. The van der Waals surface area contributed by atoms with Crippen LogP contribution >= 0.6 is 0 Å². The average Bonchev–Trinajstić information content (AvgIpc) is 2.74. The summed E-state index contributed by atoms with van der Waals surface area (Å²) in [6.45, 7) is 5.21. The van der Waals surface area contributed by atoms with E-state index >= 15 is 0 Å². The Morgan fingerprint density at radius 3 is 2.44 bits per heavy atom. The van der Waals surface area contributed by atoms with Gasteiger partial charge >= 0.3 is 0 Å². The number of piperidine rings is 2. The van der Waals surface area contributed by atoms with Gasteiger partial charge in [-0.2, -0.15) is 0 Å².